The third-order valence-corrected chi connectivity index (χ3v) is 3.87. The summed E-state index contributed by atoms with van der Waals surface area (Å²) in [6.45, 7) is 6.34. The van der Waals surface area contributed by atoms with Gasteiger partial charge in [-0.15, -0.1) is 0 Å². The lowest BCUT2D eigenvalue weighted by Gasteiger charge is -2.14. The van der Waals surface area contributed by atoms with E-state index in [9.17, 15) is 4.79 Å². The zero-order chi connectivity index (χ0) is 16.1. The van der Waals surface area contributed by atoms with Crippen molar-refractivity contribution >= 4 is 27.5 Å². The third kappa shape index (κ3) is 4.34. The molecule has 0 saturated carbocycles. The van der Waals surface area contributed by atoms with E-state index < -0.39 is 0 Å². The van der Waals surface area contributed by atoms with Gasteiger partial charge in [-0.05, 0) is 37.6 Å². The Bertz CT molecular complexity index is 683. The molecule has 116 valence electrons. The molecule has 1 amide bonds. The molecule has 2 rings (SSSR count). The molecule has 0 aliphatic rings. The summed E-state index contributed by atoms with van der Waals surface area (Å²) < 4.78 is 6.83. The lowest BCUT2D eigenvalue weighted by molar-refractivity contribution is -0.115. The van der Waals surface area contributed by atoms with Crippen molar-refractivity contribution in [1.29, 1.82) is 0 Å². The second kappa shape index (κ2) is 7.45. The van der Waals surface area contributed by atoms with Crippen LogP contribution in [0.15, 0.2) is 40.9 Å². The van der Waals surface area contributed by atoms with Gasteiger partial charge < -0.3 is 10.1 Å². The zero-order valence-electron chi connectivity index (χ0n) is 13.1. The second-order valence-corrected chi connectivity index (χ2v) is 6.18. The lowest BCUT2D eigenvalue weighted by atomic mass is 10.1. The van der Waals surface area contributed by atoms with Crippen molar-refractivity contribution in [2.24, 2.45) is 0 Å². The van der Waals surface area contributed by atoms with Crippen LogP contribution in [0.5, 0.6) is 5.75 Å². The van der Waals surface area contributed by atoms with E-state index in [0.29, 0.717) is 13.0 Å². The summed E-state index contributed by atoms with van der Waals surface area (Å²) in [6.07, 6.45) is 0.448. The number of hydrogen-bond donors (Lipinski definition) is 1. The van der Waals surface area contributed by atoms with Crippen LogP contribution in [0.2, 0.25) is 0 Å². The summed E-state index contributed by atoms with van der Waals surface area (Å²) in [6, 6.07) is 11.9. The molecule has 0 bridgehead atoms. The first-order chi connectivity index (χ1) is 10.5. The van der Waals surface area contributed by atoms with Crippen LogP contribution in [0.1, 0.15) is 30.0 Å². The van der Waals surface area contributed by atoms with E-state index in [1.807, 2.05) is 44.2 Å². The molecule has 0 aliphatic heterocycles. The van der Waals surface area contributed by atoms with E-state index in [1.54, 1.807) is 0 Å². The zero-order valence-corrected chi connectivity index (χ0v) is 14.7. The predicted octanol–water partition coefficient (Wildman–Crippen LogP) is 4.99. The molecule has 0 aromatic heterocycles. The number of carbonyl (C=O) groups excluding carboxylic acids is 1. The summed E-state index contributed by atoms with van der Waals surface area (Å²) in [4.78, 5) is 11.6. The van der Waals surface area contributed by atoms with Crippen molar-refractivity contribution in [1.82, 2.24) is 0 Å². The normalized spacial score (nSPS) is 10.4. The minimum Gasteiger partial charge on any atom is -0.489 e. The predicted molar refractivity (Wildman–Crippen MR) is 93.3 cm³/mol. The van der Waals surface area contributed by atoms with Gasteiger partial charge in [0, 0.05) is 22.1 Å². The topological polar surface area (TPSA) is 38.3 Å². The van der Waals surface area contributed by atoms with E-state index in [2.05, 4.69) is 34.2 Å². The highest BCUT2D eigenvalue weighted by Crippen LogP contribution is 2.25. The summed E-state index contributed by atoms with van der Waals surface area (Å²) in [5.41, 5.74) is 4.05. The Hall–Kier alpha value is -1.81. The summed E-state index contributed by atoms with van der Waals surface area (Å²) in [5, 5.41) is 2.91. The fourth-order valence-electron chi connectivity index (χ4n) is 2.15. The Morgan fingerprint density at radius 2 is 1.95 bits per heavy atom. The number of benzene rings is 2. The summed E-state index contributed by atoms with van der Waals surface area (Å²) in [5.74, 6) is 0.854. The molecule has 3 nitrogen and oxygen atoms in total. The van der Waals surface area contributed by atoms with Crippen molar-refractivity contribution in [3.8, 4) is 5.75 Å². The molecule has 0 saturated heterocycles. The molecule has 2 aromatic carbocycles. The summed E-state index contributed by atoms with van der Waals surface area (Å²) in [7, 11) is 0. The van der Waals surface area contributed by atoms with Gasteiger partial charge in [-0.2, -0.15) is 0 Å². The van der Waals surface area contributed by atoms with E-state index in [-0.39, 0.29) is 5.91 Å². The fraction of sp³-hybridized carbons (Fsp3) is 0.278. The molecule has 0 heterocycles. The van der Waals surface area contributed by atoms with Crippen molar-refractivity contribution in [2.45, 2.75) is 33.8 Å². The fourth-order valence-corrected chi connectivity index (χ4v) is 2.51. The molecule has 0 radical (unpaired) electrons. The van der Waals surface area contributed by atoms with Crippen LogP contribution in [-0.2, 0) is 11.4 Å². The Labute approximate surface area is 139 Å². The number of anilines is 1. The van der Waals surface area contributed by atoms with Gasteiger partial charge in [0.15, 0.2) is 0 Å². The van der Waals surface area contributed by atoms with Crippen molar-refractivity contribution in [3.63, 3.8) is 0 Å². The van der Waals surface area contributed by atoms with Gasteiger partial charge in [0.2, 0.25) is 5.91 Å². The van der Waals surface area contributed by atoms with Crippen molar-refractivity contribution in [3.05, 3.63) is 57.6 Å². The van der Waals surface area contributed by atoms with Gasteiger partial charge in [0.1, 0.15) is 12.4 Å². The van der Waals surface area contributed by atoms with Gasteiger partial charge in [0.05, 0.1) is 0 Å². The number of rotatable bonds is 5. The molecular formula is C18H20BrNO2. The highest BCUT2D eigenvalue weighted by Gasteiger charge is 2.08. The lowest BCUT2D eigenvalue weighted by Crippen LogP contribution is -2.12. The molecule has 0 atom stereocenters. The van der Waals surface area contributed by atoms with Gasteiger partial charge in [-0.1, -0.05) is 46.6 Å². The standard InChI is InChI=1S/C18H20BrNO2/c1-4-18(21)20-16-10-15(19)7-6-14(16)11-22-17-8-5-12(2)9-13(17)3/h5-10H,4,11H2,1-3H3,(H,20,21). The van der Waals surface area contributed by atoms with Crippen molar-refractivity contribution < 1.29 is 9.53 Å². The number of nitrogens with one attached hydrogen (secondary N) is 1. The average Bonchev–Trinajstić information content (AvgIpc) is 2.48. The minimum atomic E-state index is -0.00846. The number of amides is 1. The molecule has 0 unspecified atom stereocenters. The van der Waals surface area contributed by atoms with Gasteiger partial charge >= 0.3 is 0 Å². The van der Waals surface area contributed by atoms with E-state index in [0.717, 1.165) is 27.0 Å². The smallest absolute Gasteiger partial charge is 0.224 e. The maximum absolute atomic E-state index is 11.6. The molecule has 22 heavy (non-hydrogen) atoms. The highest BCUT2D eigenvalue weighted by atomic mass is 79.9. The Morgan fingerprint density at radius 3 is 2.64 bits per heavy atom. The first-order valence-electron chi connectivity index (χ1n) is 7.28. The minimum absolute atomic E-state index is 0.00846. The Balaban J connectivity index is 2.16. The Morgan fingerprint density at radius 1 is 1.18 bits per heavy atom. The quantitative estimate of drug-likeness (QED) is 0.814. The number of carbonyl (C=O) groups is 1. The van der Waals surface area contributed by atoms with Crippen LogP contribution in [0.3, 0.4) is 0 Å². The van der Waals surface area contributed by atoms with Crippen LogP contribution < -0.4 is 10.1 Å². The number of ether oxygens (including phenoxy) is 1. The molecule has 0 fully saturated rings. The van der Waals surface area contributed by atoms with E-state index >= 15 is 0 Å². The maximum atomic E-state index is 11.6. The second-order valence-electron chi connectivity index (χ2n) is 5.26. The van der Waals surface area contributed by atoms with Crippen LogP contribution >= 0.6 is 15.9 Å². The highest BCUT2D eigenvalue weighted by molar-refractivity contribution is 9.10. The van der Waals surface area contributed by atoms with Gasteiger partial charge in [-0.3, -0.25) is 4.79 Å². The maximum Gasteiger partial charge on any atom is 0.224 e. The number of hydrogen-bond acceptors (Lipinski definition) is 2. The monoisotopic (exact) mass is 361 g/mol. The number of aryl methyl sites for hydroxylation is 2. The van der Waals surface area contributed by atoms with Gasteiger partial charge in [0.25, 0.3) is 0 Å². The molecule has 0 spiro atoms. The molecule has 1 N–H and O–H groups in total. The Kier molecular flexibility index (Phi) is 5.61. The molecule has 4 heteroatoms. The average molecular weight is 362 g/mol. The first kappa shape index (κ1) is 16.6. The van der Waals surface area contributed by atoms with Crippen LogP contribution in [-0.4, -0.2) is 5.91 Å². The largest absolute Gasteiger partial charge is 0.489 e. The van der Waals surface area contributed by atoms with Crippen LogP contribution in [0, 0.1) is 13.8 Å². The molecule has 2 aromatic rings. The number of halogens is 1. The SMILES string of the molecule is CCC(=O)Nc1cc(Br)ccc1COc1ccc(C)cc1C. The first-order valence-corrected chi connectivity index (χ1v) is 8.07. The summed E-state index contributed by atoms with van der Waals surface area (Å²) >= 11 is 3.43. The van der Waals surface area contributed by atoms with Gasteiger partial charge in [-0.25, -0.2) is 0 Å². The van der Waals surface area contributed by atoms with E-state index in [1.165, 1.54) is 5.56 Å². The molecule has 0 aliphatic carbocycles. The molecular weight excluding hydrogens is 342 g/mol. The van der Waals surface area contributed by atoms with Crippen LogP contribution in [0.4, 0.5) is 5.69 Å². The van der Waals surface area contributed by atoms with Crippen molar-refractivity contribution in [2.75, 3.05) is 5.32 Å². The van der Waals surface area contributed by atoms with E-state index in [4.69, 9.17) is 4.74 Å². The third-order valence-electron chi connectivity index (χ3n) is 3.38. The van der Waals surface area contributed by atoms with Crippen LogP contribution in [0.25, 0.3) is 0 Å².